The number of sulfone groups is 1. The molecular formula is C9H20N2O2S. The molecule has 1 aliphatic rings. The second-order valence-electron chi connectivity index (χ2n) is 3.89. The Balaban J connectivity index is 2.31. The third-order valence-corrected chi connectivity index (χ3v) is 4.30. The molecule has 84 valence electrons. The van der Waals surface area contributed by atoms with Crippen molar-refractivity contribution < 1.29 is 8.42 Å². The molecule has 1 heterocycles. The van der Waals surface area contributed by atoms with Crippen LogP contribution >= 0.6 is 0 Å². The molecule has 1 fully saturated rings. The number of nitrogens with zero attached hydrogens (tertiary/aromatic N) is 1. The molecule has 0 saturated carbocycles. The lowest BCUT2D eigenvalue weighted by Gasteiger charge is -2.31. The zero-order valence-electron chi connectivity index (χ0n) is 8.99. The Morgan fingerprint density at radius 3 is 2.79 bits per heavy atom. The summed E-state index contributed by atoms with van der Waals surface area (Å²) in [4.78, 5) is 2.22. The molecule has 1 saturated heterocycles. The SMILES string of the molecule is CCS(=O)(=O)CCN1CCN[C@H](C)C1. The number of nitrogens with one attached hydrogen (secondary N) is 1. The van der Waals surface area contributed by atoms with Gasteiger partial charge in [0.15, 0.2) is 9.84 Å². The van der Waals surface area contributed by atoms with Crippen molar-refractivity contribution >= 4 is 9.84 Å². The summed E-state index contributed by atoms with van der Waals surface area (Å²) in [5.74, 6) is 0.560. The molecule has 0 aromatic heterocycles. The average Bonchev–Trinajstić information content (AvgIpc) is 2.15. The summed E-state index contributed by atoms with van der Waals surface area (Å²) in [5.41, 5.74) is 0. The third kappa shape index (κ3) is 3.94. The van der Waals surface area contributed by atoms with Gasteiger partial charge in [-0.2, -0.15) is 0 Å². The molecule has 0 aromatic carbocycles. The lowest BCUT2D eigenvalue weighted by atomic mass is 10.2. The van der Waals surface area contributed by atoms with Gasteiger partial charge in [-0.1, -0.05) is 6.92 Å². The van der Waals surface area contributed by atoms with E-state index in [4.69, 9.17) is 0 Å². The van der Waals surface area contributed by atoms with Crippen molar-refractivity contribution in [2.75, 3.05) is 37.7 Å². The first-order chi connectivity index (χ1) is 6.53. The van der Waals surface area contributed by atoms with Gasteiger partial charge in [0, 0.05) is 38.0 Å². The molecule has 0 spiro atoms. The highest BCUT2D eigenvalue weighted by Gasteiger charge is 2.17. The van der Waals surface area contributed by atoms with Crippen molar-refractivity contribution in [2.24, 2.45) is 0 Å². The fourth-order valence-corrected chi connectivity index (χ4v) is 2.45. The lowest BCUT2D eigenvalue weighted by Crippen LogP contribution is -2.50. The third-order valence-electron chi connectivity index (χ3n) is 2.61. The molecule has 1 atom stereocenters. The molecule has 0 amide bonds. The van der Waals surface area contributed by atoms with Gasteiger partial charge >= 0.3 is 0 Å². The largest absolute Gasteiger partial charge is 0.312 e. The van der Waals surface area contributed by atoms with Crippen molar-refractivity contribution in [3.05, 3.63) is 0 Å². The standard InChI is InChI=1S/C9H20N2O2S/c1-3-14(12,13)7-6-11-5-4-10-9(2)8-11/h9-10H,3-8H2,1-2H3/t9-/m1/s1. The molecular weight excluding hydrogens is 200 g/mol. The van der Waals surface area contributed by atoms with Crippen molar-refractivity contribution in [1.29, 1.82) is 0 Å². The van der Waals surface area contributed by atoms with Gasteiger partial charge in [-0.05, 0) is 6.92 Å². The predicted molar refractivity (Wildman–Crippen MR) is 58.2 cm³/mol. The zero-order chi connectivity index (χ0) is 10.6. The van der Waals surface area contributed by atoms with Crippen molar-refractivity contribution in [3.63, 3.8) is 0 Å². The summed E-state index contributed by atoms with van der Waals surface area (Å²) < 4.78 is 22.6. The Bertz CT molecular complexity index is 264. The molecule has 0 unspecified atom stereocenters. The molecule has 1 aliphatic heterocycles. The van der Waals surface area contributed by atoms with Crippen LogP contribution in [-0.4, -0.2) is 57.0 Å². The van der Waals surface area contributed by atoms with Crippen LogP contribution in [0.1, 0.15) is 13.8 Å². The van der Waals surface area contributed by atoms with Crippen molar-refractivity contribution in [2.45, 2.75) is 19.9 Å². The normalized spacial score (nSPS) is 25.1. The van der Waals surface area contributed by atoms with Crippen molar-refractivity contribution in [1.82, 2.24) is 10.2 Å². The zero-order valence-corrected chi connectivity index (χ0v) is 9.81. The molecule has 14 heavy (non-hydrogen) atoms. The van der Waals surface area contributed by atoms with E-state index in [9.17, 15) is 8.42 Å². The number of hydrogen-bond acceptors (Lipinski definition) is 4. The van der Waals surface area contributed by atoms with Crippen LogP contribution < -0.4 is 5.32 Å². The first kappa shape index (κ1) is 11.9. The topological polar surface area (TPSA) is 49.4 Å². The molecule has 5 heteroatoms. The highest BCUT2D eigenvalue weighted by atomic mass is 32.2. The predicted octanol–water partition coefficient (Wildman–Crippen LogP) is -0.285. The van der Waals surface area contributed by atoms with E-state index in [1.54, 1.807) is 6.92 Å². The minimum Gasteiger partial charge on any atom is -0.312 e. The van der Waals surface area contributed by atoms with Crippen LogP contribution in [-0.2, 0) is 9.84 Å². The van der Waals surface area contributed by atoms with Crippen LogP contribution in [0.2, 0.25) is 0 Å². The summed E-state index contributed by atoms with van der Waals surface area (Å²) in [5, 5.41) is 3.33. The van der Waals surface area contributed by atoms with Crippen LogP contribution in [0.15, 0.2) is 0 Å². The summed E-state index contributed by atoms with van der Waals surface area (Å²) in [6, 6.07) is 0.480. The van der Waals surface area contributed by atoms with Crippen LogP contribution in [0, 0.1) is 0 Å². The lowest BCUT2D eigenvalue weighted by molar-refractivity contribution is 0.217. The second-order valence-corrected chi connectivity index (χ2v) is 6.36. The van der Waals surface area contributed by atoms with Crippen molar-refractivity contribution in [3.8, 4) is 0 Å². The summed E-state index contributed by atoms with van der Waals surface area (Å²) in [6.45, 7) is 7.40. The van der Waals surface area contributed by atoms with Crippen LogP contribution in [0.5, 0.6) is 0 Å². The molecule has 0 bridgehead atoms. The molecule has 0 aromatic rings. The summed E-state index contributed by atoms with van der Waals surface area (Å²) in [7, 11) is -2.80. The number of hydrogen-bond donors (Lipinski definition) is 1. The van der Waals surface area contributed by atoms with E-state index in [2.05, 4.69) is 17.1 Å². The van der Waals surface area contributed by atoms with Crippen LogP contribution in [0.25, 0.3) is 0 Å². The van der Waals surface area contributed by atoms with Gasteiger partial charge in [0.2, 0.25) is 0 Å². The van der Waals surface area contributed by atoms with E-state index in [-0.39, 0.29) is 5.75 Å². The van der Waals surface area contributed by atoms with Crippen LogP contribution in [0.3, 0.4) is 0 Å². The Morgan fingerprint density at radius 1 is 1.50 bits per heavy atom. The Hall–Kier alpha value is -0.130. The first-order valence-corrected chi connectivity index (χ1v) is 7.02. The fourth-order valence-electron chi connectivity index (χ4n) is 1.63. The molecule has 1 N–H and O–H groups in total. The highest BCUT2D eigenvalue weighted by molar-refractivity contribution is 7.91. The Labute approximate surface area is 86.6 Å². The minimum absolute atomic E-state index is 0.259. The Morgan fingerprint density at radius 2 is 2.21 bits per heavy atom. The minimum atomic E-state index is -2.80. The van der Waals surface area contributed by atoms with E-state index in [0.29, 0.717) is 18.3 Å². The van der Waals surface area contributed by atoms with Gasteiger partial charge in [0.25, 0.3) is 0 Å². The molecule has 0 radical (unpaired) electrons. The monoisotopic (exact) mass is 220 g/mol. The van der Waals surface area contributed by atoms with Crippen LogP contribution in [0.4, 0.5) is 0 Å². The smallest absolute Gasteiger partial charge is 0.151 e. The first-order valence-electron chi connectivity index (χ1n) is 5.19. The number of piperazine rings is 1. The van der Waals surface area contributed by atoms with E-state index < -0.39 is 9.84 Å². The van der Waals surface area contributed by atoms with E-state index >= 15 is 0 Å². The van der Waals surface area contributed by atoms with Gasteiger partial charge in [0.05, 0.1) is 5.75 Å². The quantitative estimate of drug-likeness (QED) is 0.707. The molecule has 4 nitrogen and oxygen atoms in total. The van der Waals surface area contributed by atoms with E-state index in [1.165, 1.54) is 0 Å². The average molecular weight is 220 g/mol. The summed E-state index contributed by atoms with van der Waals surface area (Å²) >= 11 is 0. The summed E-state index contributed by atoms with van der Waals surface area (Å²) in [6.07, 6.45) is 0. The maximum atomic E-state index is 11.3. The molecule has 1 rings (SSSR count). The van der Waals surface area contributed by atoms with Gasteiger partial charge < -0.3 is 5.32 Å². The van der Waals surface area contributed by atoms with Gasteiger partial charge in [-0.3, -0.25) is 4.90 Å². The van der Waals surface area contributed by atoms with Gasteiger partial charge in [-0.15, -0.1) is 0 Å². The Kier molecular flexibility index (Phi) is 4.34. The number of rotatable bonds is 4. The van der Waals surface area contributed by atoms with E-state index in [0.717, 1.165) is 19.6 Å². The fraction of sp³-hybridized carbons (Fsp3) is 1.00. The maximum absolute atomic E-state index is 11.3. The van der Waals surface area contributed by atoms with Gasteiger partial charge in [-0.25, -0.2) is 8.42 Å². The van der Waals surface area contributed by atoms with Gasteiger partial charge in [0.1, 0.15) is 0 Å². The second kappa shape index (κ2) is 5.09. The maximum Gasteiger partial charge on any atom is 0.151 e. The highest BCUT2D eigenvalue weighted by Crippen LogP contribution is 1.99. The van der Waals surface area contributed by atoms with E-state index in [1.807, 2.05) is 0 Å². The molecule has 0 aliphatic carbocycles.